The van der Waals surface area contributed by atoms with Crippen molar-refractivity contribution in [3.63, 3.8) is 0 Å². The lowest BCUT2D eigenvalue weighted by atomic mass is 10.7. The van der Waals surface area contributed by atoms with Crippen molar-refractivity contribution in [2.24, 2.45) is 0 Å². The summed E-state index contributed by atoms with van der Waals surface area (Å²) >= 11 is 6.44. The highest BCUT2D eigenvalue weighted by Crippen LogP contribution is 2.24. The molecule has 7 heteroatoms. The first-order valence-electron chi connectivity index (χ1n) is 3.49. The van der Waals surface area contributed by atoms with Gasteiger partial charge in [0.25, 0.3) is 10.0 Å². The summed E-state index contributed by atoms with van der Waals surface area (Å²) in [5.41, 5.74) is 0. The zero-order valence-electron chi connectivity index (χ0n) is 7.27. The van der Waals surface area contributed by atoms with Crippen LogP contribution in [0.4, 0.5) is 0 Å². The minimum Gasteiger partial charge on any atom is -0.232 e. The SMILES string of the molecule is C#CCN(C)S(=O)(=O)c1cnc(Cl)s1. The number of nitrogens with zero attached hydrogens (tertiary/aromatic N) is 2. The van der Waals surface area contributed by atoms with Gasteiger partial charge >= 0.3 is 0 Å². The monoisotopic (exact) mass is 250 g/mol. The van der Waals surface area contributed by atoms with Crippen LogP contribution < -0.4 is 0 Å². The van der Waals surface area contributed by atoms with E-state index in [1.54, 1.807) is 0 Å². The largest absolute Gasteiger partial charge is 0.254 e. The van der Waals surface area contributed by atoms with Crippen molar-refractivity contribution >= 4 is 33.0 Å². The lowest BCUT2D eigenvalue weighted by Crippen LogP contribution is -2.26. The smallest absolute Gasteiger partial charge is 0.232 e. The Bertz CT molecular complexity index is 460. The van der Waals surface area contributed by atoms with Crippen LogP contribution in [0.25, 0.3) is 0 Å². The van der Waals surface area contributed by atoms with Gasteiger partial charge in [-0.3, -0.25) is 0 Å². The van der Waals surface area contributed by atoms with Crippen LogP contribution in [0.15, 0.2) is 10.4 Å². The topological polar surface area (TPSA) is 50.3 Å². The standard InChI is InChI=1S/C7H7ClN2O2S2/c1-3-4-10(2)14(11,12)6-5-9-7(8)13-6/h1,5H,4H2,2H3. The fraction of sp³-hybridized carbons (Fsp3) is 0.286. The first kappa shape index (κ1) is 11.5. The maximum atomic E-state index is 11.7. The van der Waals surface area contributed by atoms with E-state index >= 15 is 0 Å². The Labute approximate surface area is 91.6 Å². The Balaban J connectivity index is 3.03. The van der Waals surface area contributed by atoms with E-state index in [9.17, 15) is 8.42 Å². The van der Waals surface area contributed by atoms with E-state index in [-0.39, 0.29) is 15.2 Å². The molecule has 0 saturated heterocycles. The summed E-state index contributed by atoms with van der Waals surface area (Å²) < 4.78 is 24.7. The van der Waals surface area contributed by atoms with Crippen LogP contribution in [0.1, 0.15) is 0 Å². The molecule has 0 amide bonds. The first-order chi connectivity index (χ1) is 6.48. The van der Waals surface area contributed by atoms with E-state index in [4.69, 9.17) is 18.0 Å². The third-order valence-corrected chi connectivity index (χ3v) is 4.79. The third-order valence-electron chi connectivity index (χ3n) is 1.43. The van der Waals surface area contributed by atoms with Gasteiger partial charge in [-0.25, -0.2) is 13.4 Å². The zero-order valence-corrected chi connectivity index (χ0v) is 9.66. The number of terminal acetylenes is 1. The van der Waals surface area contributed by atoms with Crippen molar-refractivity contribution in [2.75, 3.05) is 13.6 Å². The summed E-state index contributed by atoms with van der Waals surface area (Å²) in [6, 6.07) is 0. The Kier molecular flexibility index (Phi) is 3.50. The molecule has 0 saturated carbocycles. The van der Waals surface area contributed by atoms with Gasteiger partial charge < -0.3 is 0 Å². The summed E-state index contributed by atoms with van der Waals surface area (Å²) in [5.74, 6) is 2.25. The van der Waals surface area contributed by atoms with Crippen molar-refractivity contribution in [1.29, 1.82) is 0 Å². The highest BCUT2D eigenvalue weighted by Gasteiger charge is 2.22. The maximum absolute atomic E-state index is 11.7. The van der Waals surface area contributed by atoms with Gasteiger partial charge in [-0.1, -0.05) is 28.9 Å². The van der Waals surface area contributed by atoms with Gasteiger partial charge in [-0.05, 0) is 0 Å². The average molecular weight is 251 g/mol. The summed E-state index contributed by atoms with van der Waals surface area (Å²) in [6.45, 7) is 0.0256. The van der Waals surface area contributed by atoms with Crippen molar-refractivity contribution < 1.29 is 8.42 Å². The molecule has 76 valence electrons. The molecule has 0 spiro atoms. The zero-order chi connectivity index (χ0) is 10.8. The van der Waals surface area contributed by atoms with E-state index < -0.39 is 10.0 Å². The Hall–Kier alpha value is -0.610. The number of sulfonamides is 1. The van der Waals surface area contributed by atoms with E-state index in [1.807, 2.05) is 0 Å². The lowest BCUT2D eigenvalue weighted by Gasteiger charge is -2.11. The van der Waals surface area contributed by atoms with E-state index in [0.29, 0.717) is 0 Å². The molecule has 0 N–H and O–H groups in total. The van der Waals surface area contributed by atoms with Crippen LogP contribution in [0.2, 0.25) is 4.47 Å². The first-order valence-corrected chi connectivity index (χ1v) is 6.13. The van der Waals surface area contributed by atoms with E-state index in [1.165, 1.54) is 13.2 Å². The van der Waals surface area contributed by atoms with Gasteiger partial charge in [-0.15, -0.1) is 6.42 Å². The molecule has 0 fully saturated rings. The molecule has 4 nitrogen and oxygen atoms in total. The summed E-state index contributed by atoms with van der Waals surface area (Å²) in [6.07, 6.45) is 6.23. The molecule has 0 bridgehead atoms. The van der Waals surface area contributed by atoms with Crippen LogP contribution in [0.3, 0.4) is 0 Å². The maximum Gasteiger partial charge on any atom is 0.254 e. The number of halogens is 1. The highest BCUT2D eigenvalue weighted by molar-refractivity contribution is 7.91. The number of hydrogen-bond acceptors (Lipinski definition) is 4. The second-order valence-electron chi connectivity index (χ2n) is 2.40. The van der Waals surface area contributed by atoms with Gasteiger partial charge in [0.15, 0.2) is 8.68 Å². The molecule has 0 aliphatic carbocycles. The van der Waals surface area contributed by atoms with Gasteiger partial charge in [0.05, 0.1) is 12.7 Å². The highest BCUT2D eigenvalue weighted by atomic mass is 35.5. The van der Waals surface area contributed by atoms with Crippen LogP contribution in [0.5, 0.6) is 0 Å². The van der Waals surface area contributed by atoms with Crippen LogP contribution in [-0.2, 0) is 10.0 Å². The Morgan fingerprint density at radius 1 is 1.79 bits per heavy atom. The van der Waals surface area contributed by atoms with E-state index in [2.05, 4.69) is 10.9 Å². The summed E-state index contributed by atoms with van der Waals surface area (Å²) in [5, 5.41) is 0. The molecule has 1 aromatic rings. The van der Waals surface area contributed by atoms with Crippen molar-refractivity contribution in [3.05, 3.63) is 10.7 Å². The normalized spacial score (nSPS) is 11.6. The molecule has 1 rings (SSSR count). The average Bonchev–Trinajstić information content (AvgIpc) is 2.52. The predicted octanol–water partition coefficient (Wildman–Crippen LogP) is 1.05. The minimum absolute atomic E-state index is 0.0256. The second kappa shape index (κ2) is 4.28. The van der Waals surface area contributed by atoms with Gasteiger partial charge in [0.2, 0.25) is 0 Å². The predicted molar refractivity (Wildman–Crippen MR) is 55.8 cm³/mol. The molecular formula is C7H7ClN2O2S2. The Morgan fingerprint density at radius 2 is 2.43 bits per heavy atom. The minimum atomic E-state index is -3.52. The molecule has 1 aromatic heterocycles. The molecular weight excluding hydrogens is 244 g/mol. The van der Waals surface area contributed by atoms with Crippen molar-refractivity contribution in [1.82, 2.24) is 9.29 Å². The molecule has 0 aromatic carbocycles. The molecule has 0 aliphatic heterocycles. The molecule has 0 radical (unpaired) electrons. The number of hydrogen-bond donors (Lipinski definition) is 0. The van der Waals surface area contributed by atoms with Crippen LogP contribution >= 0.6 is 22.9 Å². The molecule has 0 aliphatic rings. The van der Waals surface area contributed by atoms with Gasteiger partial charge in [0, 0.05) is 7.05 Å². The summed E-state index contributed by atoms with van der Waals surface area (Å²) in [7, 11) is -2.11. The van der Waals surface area contributed by atoms with Crippen molar-refractivity contribution in [2.45, 2.75) is 4.21 Å². The van der Waals surface area contributed by atoms with Gasteiger partial charge in [-0.2, -0.15) is 4.31 Å². The third kappa shape index (κ3) is 2.25. The summed E-state index contributed by atoms with van der Waals surface area (Å²) in [4.78, 5) is 3.65. The van der Waals surface area contributed by atoms with Crippen LogP contribution in [-0.4, -0.2) is 31.3 Å². The number of aromatic nitrogens is 1. The van der Waals surface area contributed by atoms with Crippen LogP contribution in [0, 0.1) is 12.3 Å². The second-order valence-corrected chi connectivity index (χ2v) is 6.28. The number of rotatable bonds is 3. The molecule has 0 atom stereocenters. The Morgan fingerprint density at radius 3 is 2.86 bits per heavy atom. The van der Waals surface area contributed by atoms with Gasteiger partial charge in [0.1, 0.15) is 0 Å². The lowest BCUT2D eigenvalue weighted by molar-refractivity contribution is 0.505. The van der Waals surface area contributed by atoms with Crippen molar-refractivity contribution in [3.8, 4) is 12.3 Å². The number of thiazole rings is 1. The molecule has 1 heterocycles. The quantitative estimate of drug-likeness (QED) is 0.754. The fourth-order valence-electron chi connectivity index (χ4n) is 0.726. The molecule has 0 unspecified atom stereocenters. The molecule has 14 heavy (non-hydrogen) atoms. The van der Waals surface area contributed by atoms with E-state index in [0.717, 1.165) is 15.6 Å². The fourth-order valence-corrected chi connectivity index (χ4v) is 3.32.